The van der Waals surface area contributed by atoms with E-state index in [1.54, 1.807) is 6.92 Å². The molecule has 3 fully saturated rings. The number of aliphatic carboxylic acids is 1. The van der Waals surface area contributed by atoms with Crippen LogP contribution in [0, 0.1) is 0 Å². The first-order chi connectivity index (χ1) is 10.5. The highest BCUT2D eigenvalue weighted by Gasteiger charge is 2.57. The highest BCUT2D eigenvalue weighted by molar-refractivity contribution is 5.73. The van der Waals surface area contributed by atoms with Crippen LogP contribution < -0.4 is 0 Å². The zero-order valence-electron chi connectivity index (χ0n) is 11.6. The van der Waals surface area contributed by atoms with Crippen LogP contribution in [0.4, 0.5) is 0 Å². The van der Waals surface area contributed by atoms with Gasteiger partial charge in [0, 0.05) is 0 Å². The van der Waals surface area contributed by atoms with Gasteiger partial charge in [-0.15, -0.1) is 0 Å². The van der Waals surface area contributed by atoms with Crippen molar-refractivity contribution in [3.8, 4) is 0 Å². The van der Waals surface area contributed by atoms with Crippen LogP contribution in [0.2, 0.25) is 0 Å². The lowest BCUT2D eigenvalue weighted by atomic mass is 10.1. The second kappa shape index (κ2) is 6.07. The summed E-state index contributed by atoms with van der Waals surface area (Å²) in [4.78, 5) is 22.3. The molecule has 124 valence electrons. The van der Waals surface area contributed by atoms with Crippen molar-refractivity contribution >= 4 is 11.9 Å². The number of carbonyl (C=O) groups is 2. The number of ether oxygens (including phenoxy) is 6. The number of aliphatic hydroxyl groups excluding tert-OH is 1. The number of aliphatic hydroxyl groups is 1. The molecule has 0 saturated carbocycles. The number of carboxylic acids is 1. The van der Waals surface area contributed by atoms with E-state index in [4.69, 9.17) is 33.5 Å². The van der Waals surface area contributed by atoms with Crippen LogP contribution in [-0.4, -0.2) is 78.7 Å². The molecule has 3 aliphatic rings. The predicted molar refractivity (Wildman–Crippen MR) is 63.3 cm³/mol. The fourth-order valence-electron chi connectivity index (χ4n) is 2.56. The molecule has 0 aromatic carbocycles. The summed E-state index contributed by atoms with van der Waals surface area (Å²) in [7, 11) is 0. The van der Waals surface area contributed by atoms with Gasteiger partial charge in [-0.25, -0.2) is 9.59 Å². The normalized spacial score (nSPS) is 44.0. The molecule has 22 heavy (non-hydrogen) atoms. The van der Waals surface area contributed by atoms with Crippen molar-refractivity contribution in [1.82, 2.24) is 0 Å². The molecular formula is C12H16O10. The van der Waals surface area contributed by atoms with Crippen molar-refractivity contribution in [1.29, 1.82) is 0 Å². The molecule has 0 amide bonds. The Morgan fingerprint density at radius 1 is 1.14 bits per heavy atom. The van der Waals surface area contributed by atoms with Gasteiger partial charge in [0.2, 0.25) is 0 Å². The average Bonchev–Trinajstić information content (AvgIpc) is 3.15. The maximum atomic E-state index is 11.5. The molecule has 3 rings (SSSR count). The van der Waals surface area contributed by atoms with Gasteiger partial charge in [-0.05, 0) is 6.92 Å². The summed E-state index contributed by atoms with van der Waals surface area (Å²) < 4.78 is 30.8. The van der Waals surface area contributed by atoms with Crippen molar-refractivity contribution in [3.63, 3.8) is 0 Å². The number of hydrogen-bond acceptors (Lipinski definition) is 9. The number of carbonyl (C=O) groups excluding carboxylic acids is 1. The molecule has 0 aromatic heterocycles. The monoisotopic (exact) mass is 320 g/mol. The van der Waals surface area contributed by atoms with E-state index in [1.807, 2.05) is 0 Å². The largest absolute Gasteiger partial charge is 0.477 e. The topological polar surface area (TPSA) is 130 Å². The summed E-state index contributed by atoms with van der Waals surface area (Å²) in [5.74, 6) is -1.96. The van der Waals surface area contributed by atoms with Crippen LogP contribution in [0.3, 0.4) is 0 Å². The summed E-state index contributed by atoms with van der Waals surface area (Å²) in [5, 5.41) is 19.0. The Balaban J connectivity index is 1.57. The third-order valence-electron chi connectivity index (χ3n) is 3.53. The van der Waals surface area contributed by atoms with Crippen molar-refractivity contribution < 1.29 is 48.2 Å². The Morgan fingerprint density at radius 3 is 2.55 bits per heavy atom. The first-order valence-electron chi connectivity index (χ1n) is 6.82. The highest BCUT2D eigenvalue weighted by Crippen LogP contribution is 2.35. The first kappa shape index (κ1) is 15.6. The molecular weight excluding hydrogens is 304 g/mol. The van der Waals surface area contributed by atoms with Gasteiger partial charge in [0.15, 0.2) is 6.29 Å². The number of hydrogen-bond donors (Lipinski definition) is 2. The summed E-state index contributed by atoms with van der Waals surface area (Å²) >= 11 is 0. The van der Waals surface area contributed by atoms with Crippen LogP contribution in [0.25, 0.3) is 0 Å². The Morgan fingerprint density at radius 2 is 1.91 bits per heavy atom. The van der Waals surface area contributed by atoms with E-state index in [0.717, 1.165) is 0 Å². The standard InChI is InChI=1S/C12H16O10/c1-2-17-9(16)12-18-3-4(19-12)6-5(13)7-10(20-6)22-11(21-7)8(14)15/h4-7,10-13H,2-3H2,1H3,(H,14,15). The molecule has 0 bridgehead atoms. The zero-order valence-corrected chi connectivity index (χ0v) is 11.6. The second-order valence-corrected chi connectivity index (χ2v) is 4.96. The lowest BCUT2D eigenvalue weighted by molar-refractivity contribution is -0.206. The van der Waals surface area contributed by atoms with E-state index >= 15 is 0 Å². The minimum Gasteiger partial charge on any atom is -0.477 e. The second-order valence-electron chi connectivity index (χ2n) is 4.96. The van der Waals surface area contributed by atoms with Gasteiger partial charge in [-0.2, -0.15) is 0 Å². The Hall–Kier alpha value is -1.30. The molecule has 3 saturated heterocycles. The molecule has 0 aliphatic carbocycles. The van der Waals surface area contributed by atoms with Gasteiger partial charge in [0.05, 0.1) is 13.2 Å². The Bertz CT molecular complexity index is 453. The molecule has 10 nitrogen and oxygen atoms in total. The summed E-state index contributed by atoms with van der Waals surface area (Å²) in [6, 6.07) is 0. The highest BCUT2D eigenvalue weighted by atomic mass is 16.8. The van der Waals surface area contributed by atoms with Gasteiger partial charge >= 0.3 is 11.9 Å². The molecule has 10 heteroatoms. The number of carboxylic acid groups (broad SMARTS) is 1. The van der Waals surface area contributed by atoms with Crippen molar-refractivity contribution in [2.24, 2.45) is 0 Å². The van der Waals surface area contributed by atoms with Gasteiger partial charge in [0.25, 0.3) is 12.6 Å². The molecule has 3 aliphatic heterocycles. The van der Waals surface area contributed by atoms with Crippen LogP contribution in [-0.2, 0) is 38.0 Å². The van der Waals surface area contributed by atoms with E-state index in [9.17, 15) is 14.7 Å². The van der Waals surface area contributed by atoms with E-state index in [1.165, 1.54) is 0 Å². The van der Waals surface area contributed by atoms with E-state index in [2.05, 4.69) is 0 Å². The van der Waals surface area contributed by atoms with Crippen molar-refractivity contribution in [3.05, 3.63) is 0 Å². The van der Waals surface area contributed by atoms with Crippen molar-refractivity contribution in [2.45, 2.75) is 50.2 Å². The zero-order chi connectivity index (χ0) is 15.9. The maximum absolute atomic E-state index is 11.5. The van der Waals surface area contributed by atoms with Gasteiger partial charge in [-0.1, -0.05) is 0 Å². The van der Waals surface area contributed by atoms with Crippen LogP contribution in [0.15, 0.2) is 0 Å². The SMILES string of the molecule is CCOC(=O)C1OCC(C2OC3OC(C(=O)O)OC3C2O)O1. The molecule has 0 aromatic rings. The Kier molecular flexibility index (Phi) is 4.30. The van der Waals surface area contributed by atoms with Gasteiger partial charge in [-0.3, -0.25) is 0 Å². The molecule has 7 atom stereocenters. The molecule has 0 radical (unpaired) electrons. The minimum atomic E-state index is -1.47. The fraction of sp³-hybridized carbons (Fsp3) is 0.833. The molecule has 3 heterocycles. The van der Waals surface area contributed by atoms with E-state index in [-0.39, 0.29) is 13.2 Å². The van der Waals surface area contributed by atoms with Crippen LogP contribution >= 0.6 is 0 Å². The number of fused-ring (bicyclic) bond motifs is 1. The van der Waals surface area contributed by atoms with Gasteiger partial charge in [0.1, 0.15) is 24.4 Å². The third kappa shape index (κ3) is 2.69. The predicted octanol–water partition coefficient (Wildman–Crippen LogP) is -1.80. The van der Waals surface area contributed by atoms with Crippen LogP contribution in [0.5, 0.6) is 0 Å². The average molecular weight is 320 g/mol. The quantitative estimate of drug-likeness (QED) is 0.572. The first-order valence-corrected chi connectivity index (χ1v) is 6.82. The summed E-state index contributed by atoms with van der Waals surface area (Å²) in [6.45, 7) is 1.87. The van der Waals surface area contributed by atoms with Gasteiger partial charge < -0.3 is 38.6 Å². The fourth-order valence-corrected chi connectivity index (χ4v) is 2.56. The maximum Gasteiger partial charge on any atom is 0.363 e. The van der Waals surface area contributed by atoms with Crippen LogP contribution in [0.1, 0.15) is 6.92 Å². The van der Waals surface area contributed by atoms with E-state index < -0.39 is 55.2 Å². The summed E-state index contributed by atoms with van der Waals surface area (Å²) in [6.07, 6.45) is -7.32. The summed E-state index contributed by atoms with van der Waals surface area (Å²) in [5.41, 5.74) is 0. The molecule has 7 unspecified atom stereocenters. The lowest BCUT2D eigenvalue weighted by Crippen LogP contribution is -2.42. The third-order valence-corrected chi connectivity index (χ3v) is 3.53. The lowest BCUT2D eigenvalue weighted by Gasteiger charge is -2.22. The van der Waals surface area contributed by atoms with E-state index in [0.29, 0.717) is 0 Å². The number of rotatable bonds is 4. The number of esters is 1. The molecule has 2 N–H and O–H groups in total. The smallest absolute Gasteiger partial charge is 0.363 e. The minimum absolute atomic E-state index is 0.0208. The Labute approximate surface area is 124 Å². The van der Waals surface area contributed by atoms with Crippen molar-refractivity contribution in [2.75, 3.05) is 13.2 Å². The molecule has 0 spiro atoms.